The average molecular weight is 327 g/mol. The molecular formula is C14H12F3N3OS. The summed E-state index contributed by atoms with van der Waals surface area (Å²) in [7, 11) is 0. The molecule has 0 aliphatic heterocycles. The molecule has 0 unspecified atom stereocenters. The number of pyridine rings is 2. The molecule has 0 saturated heterocycles. The number of carbonyl (C=O) groups excluding carboxylic acids is 1. The Balaban J connectivity index is 2.16. The summed E-state index contributed by atoms with van der Waals surface area (Å²) in [5.41, 5.74) is -0.458. The fourth-order valence-electron chi connectivity index (χ4n) is 1.66. The molecule has 0 radical (unpaired) electrons. The van der Waals surface area contributed by atoms with Crippen molar-refractivity contribution in [2.24, 2.45) is 0 Å². The van der Waals surface area contributed by atoms with Crippen LogP contribution in [0.25, 0.3) is 0 Å². The largest absolute Gasteiger partial charge is 0.417 e. The molecule has 2 heterocycles. The standard InChI is InChI=1S/C14H12F3N3OS/c1-2-22-11-8-18-6-5-10(11)13(21)20-12-4-3-9(7-19-12)14(15,16)17/h3-8H,2H2,1H3,(H,19,20,21). The van der Waals surface area contributed by atoms with E-state index in [1.54, 1.807) is 12.3 Å². The number of anilines is 1. The highest BCUT2D eigenvalue weighted by Crippen LogP contribution is 2.29. The van der Waals surface area contributed by atoms with E-state index in [-0.39, 0.29) is 5.82 Å². The number of nitrogens with one attached hydrogen (secondary N) is 1. The quantitative estimate of drug-likeness (QED) is 0.867. The van der Waals surface area contributed by atoms with Gasteiger partial charge in [-0.3, -0.25) is 9.78 Å². The van der Waals surface area contributed by atoms with Gasteiger partial charge in [0.25, 0.3) is 5.91 Å². The van der Waals surface area contributed by atoms with E-state index in [9.17, 15) is 18.0 Å². The second-order valence-electron chi connectivity index (χ2n) is 4.19. The first kappa shape index (κ1) is 16.3. The van der Waals surface area contributed by atoms with Gasteiger partial charge in [-0.05, 0) is 24.0 Å². The van der Waals surface area contributed by atoms with E-state index < -0.39 is 17.6 Å². The summed E-state index contributed by atoms with van der Waals surface area (Å²) in [6, 6.07) is 3.54. The van der Waals surface area contributed by atoms with Crippen LogP contribution in [0.2, 0.25) is 0 Å². The van der Waals surface area contributed by atoms with E-state index in [1.165, 1.54) is 18.0 Å². The highest BCUT2D eigenvalue weighted by molar-refractivity contribution is 7.99. The number of hydrogen-bond donors (Lipinski definition) is 1. The molecule has 116 valence electrons. The third-order valence-corrected chi connectivity index (χ3v) is 3.59. The second-order valence-corrected chi connectivity index (χ2v) is 5.49. The van der Waals surface area contributed by atoms with Crippen molar-refractivity contribution >= 4 is 23.5 Å². The zero-order valence-electron chi connectivity index (χ0n) is 11.5. The van der Waals surface area contributed by atoms with E-state index >= 15 is 0 Å². The number of thioether (sulfide) groups is 1. The summed E-state index contributed by atoms with van der Waals surface area (Å²) < 4.78 is 37.3. The lowest BCUT2D eigenvalue weighted by Gasteiger charge is -2.09. The monoisotopic (exact) mass is 327 g/mol. The molecule has 2 aromatic heterocycles. The van der Waals surface area contributed by atoms with Crippen molar-refractivity contribution in [3.8, 4) is 0 Å². The maximum atomic E-state index is 12.4. The van der Waals surface area contributed by atoms with Crippen LogP contribution in [0.15, 0.2) is 41.7 Å². The molecule has 0 saturated carbocycles. The van der Waals surface area contributed by atoms with Crippen molar-refractivity contribution in [1.82, 2.24) is 9.97 Å². The van der Waals surface area contributed by atoms with Crippen LogP contribution in [0.5, 0.6) is 0 Å². The summed E-state index contributed by atoms with van der Waals surface area (Å²) in [5.74, 6) is 0.387. The second kappa shape index (κ2) is 6.78. The van der Waals surface area contributed by atoms with Crippen LogP contribution in [0, 0.1) is 0 Å². The molecule has 0 aliphatic rings. The Hall–Kier alpha value is -2.09. The average Bonchev–Trinajstić information content (AvgIpc) is 2.47. The Morgan fingerprint density at radius 2 is 2.05 bits per heavy atom. The van der Waals surface area contributed by atoms with Gasteiger partial charge in [-0.2, -0.15) is 13.2 Å². The highest BCUT2D eigenvalue weighted by atomic mass is 32.2. The smallest absolute Gasteiger partial charge is 0.307 e. The first-order chi connectivity index (χ1) is 10.4. The summed E-state index contributed by atoms with van der Waals surface area (Å²) in [6.07, 6.45) is -0.715. The fourth-order valence-corrected chi connectivity index (χ4v) is 2.42. The molecule has 1 amide bonds. The number of carbonyl (C=O) groups is 1. The van der Waals surface area contributed by atoms with Crippen LogP contribution < -0.4 is 5.32 Å². The lowest BCUT2D eigenvalue weighted by molar-refractivity contribution is -0.137. The van der Waals surface area contributed by atoms with Gasteiger partial charge in [0, 0.05) is 23.5 Å². The minimum atomic E-state index is -4.45. The van der Waals surface area contributed by atoms with Crippen LogP contribution in [0.4, 0.5) is 19.0 Å². The number of halogens is 3. The SMILES string of the molecule is CCSc1cnccc1C(=O)Nc1ccc(C(F)(F)F)cn1. The van der Waals surface area contributed by atoms with Crippen LogP contribution in [-0.4, -0.2) is 21.6 Å². The molecule has 0 aromatic carbocycles. The summed E-state index contributed by atoms with van der Waals surface area (Å²) in [4.78, 5) is 20.4. The Bertz CT molecular complexity index is 659. The molecule has 2 rings (SSSR count). The molecule has 2 aromatic rings. The predicted octanol–water partition coefficient (Wildman–Crippen LogP) is 3.86. The van der Waals surface area contributed by atoms with Gasteiger partial charge in [-0.25, -0.2) is 4.98 Å². The van der Waals surface area contributed by atoms with Gasteiger partial charge in [0.15, 0.2) is 0 Å². The predicted molar refractivity (Wildman–Crippen MR) is 77.8 cm³/mol. The van der Waals surface area contributed by atoms with Gasteiger partial charge in [0.05, 0.1) is 11.1 Å². The third kappa shape index (κ3) is 3.97. The van der Waals surface area contributed by atoms with Crippen molar-refractivity contribution in [2.75, 3.05) is 11.1 Å². The Morgan fingerprint density at radius 1 is 1.27 bits per heavy atom. The van der Waals surface area contributed by atoms with Gasteiger partial charge >= 0.3 is 6.18 Å². The number of rotatable bonds is 4. The Kier molecular flexibility index (Phi) is 5.02. The maximum absolute atomic E-state index is 12.4. The van der Waals surface area contributed by atoms with Crippen molar-refractivity contribution in [1.29, 1.82) is 0 Å². The van der Waals surface area contributed by atoms with Gasteiger partial charge in [-0.15, -0.1) is 11.8 Å². The lowest BCUT2D eigenvalue weighted by atomic mass is 10.2. The van der Waals surface area contributed by atoms with E-state index in [0.29, 0.717) is 16.7 Å². The maximum Gasteiger partial charge on any atom is 0.417 e. The van der Waals surface area contributed by atoms with Crippen molar-refractivity contribution < 1.29 is 18.0 Å². The van der Waals surface area contributed by atoms with Crippen LogP contribution in [-0.2, 0) is 6.18 Å². The van der Waals surface area contributed by atoms with Crippen molar-refractivity contribution in [3.05, 3.63) is 47.9 Å². The van der Waals surface area contributed by atoms with Gasteiger partial charge in [-0.1, -0.05) is 6.92 Å². The number of nitrogens with zero attached hydrogens (tertiary/aromatic N) is 2. The number of alkyl halides is 3. The zero-order valence-corrected chi connectivity index (χ0v) is 12.3. The number of aromatic nitrogens is 2. The van der Waals surface area contributed by atoms with Crippen molar-refractivity contribution in [2.45, 2.75) is 18.0 Å². The fraction of sp³-hybridized carbons (Fsp3) is 0.214. The molecule has 1 N–H and O–H groups in total. The number of amides is 1. The minimum absolute atomic E-state index is 0.0576. The lowest BCUT2D eigenvalue weighted by Crippen LogP contribution is -2.15. The van der Waals surface area contributed by atoms with Crippen LogP contribution in [0.3, 0.4) is 0 Å². The molecule has 4 nitrogen and oxygen atoms in total. The molecule has 0 atom stereocenters. The Morgan fingerprint density at radius 3 is 2.64 bits per heavy atom. The topological polar surface area (TPSA) is 54.9 Å². The van der Waals surface area contributed by atoms with E-state index in [4.69, 9.17) is 0 Å². The van der Waals surface area contributed by atoms with Gasteiger partial charge < -0.3 is 5.32 Å². The van der Waals surface area contributed by atoms with Crippen LogP contribution in [0.1, 0.15) is 22.8 Å². The Labute approximate surface area is 129 Å². The molecule has 22 heavy (non-hydrogen) atoms. The molecule has 0 spiro atoms. The van der Waals surface area contributed by atoms with E-state index in [2.05, 4.69) is 15.3 Å². The van der Waals surface area contributed by atoms with Gasteiger partial charge in [0.1, 0.15) is 5.82 Å². The van der Waals surface area contributed by atoms with E-state index in [1.807, 2.05) is 6.92 Å². The summed E-state index contributed by atoms with van der Waals surface area (Å²) in [5, 5.41) is 2.48. The first-order valence-electron chi connectivity index (χ1n) is 6.33. The van der Waals surface area contributed by atoms with Crippen molar-refractivity contribution in [3.63, 3.8) is 0 Å². The molecule has 8 heteroatoms. The summed E-state index contributed by atoms with van der Waals surface area (Å²) in [6.45, 7) is 1.94. The molecular weight excluding hydrogens is 315 g/mol. The first-order valence-corrected chi connectivity index (χ1v) is 7.31. The summed E-state index contributed by atoms with van der Waals surface area (Å²) >= 11 is 1.45. The molecule has 0 bridgehead atoms. The minimum Gasteiger partial charge on any atom is -0.307 e. The normalized spacial score (nSPS) is 11.3. The van der Waals surface area contributed by atoms with E-state index in [0.717, 1.165) is 17.9 Å². The highest BCUT2D eigenvalue weighted by Gasteiger charge is 2.30. The molecule has 0 fully saturated rings. The zero-order chi connectivity index (χ0) is 16.2. The third-order valence-electron chi connectivity index (χ3n) is 2.66. The van der Waals surface area contributed by atoms with Gasteiger partial charge in [0.2, 0.25) is 0 Å². The molecule has 0 aliphatic carbocycles. The van der Waals surface area contributed by atoms with Crippen LogP contribution >= 0.6 is 11.8 Å². The number of hydrogen-bond acceptors (Lipinski definition) is 4.